The van der Waals surface area contributed by atoms with Crippen molar-refractivity contribution >= 4 is 11.6 Å². The van der Waals surface area contributed by atoms with Crippen LogP contribution in [0.15, 0.2) is 36.4 Å². The number of ether oxygens (including phenoxy) is 3. The van der Waals surface area contributed by atoms with Crippen LogP contribution in [0.5, 0.6) is 17.2 Å². The van der Waals surface area contributed by atoms with E-state index in [-0.39, 0.29) is 11.9 Å². The van der Waals surface area contributed by atoms with Gasteiger partial charge in [-0.25, -0.2) is 0 Å². The molecule has 0 radical (unpaired) electrons. The Labute approximate surface area is 178 Å². The SMILES string of the molecule is COc1ccc(C(Nc2cccc(C)c2)C(=O)NC2CCCCC2)c(OC)c1OC. The molecule has 0 saturated heterocycles. The smallest absolute Gasteiger partial charge is 0.247 e. The zero-order chi connectivity index (χ0) is 21.5. The lowest BCUT2D eigenvalue weighted by Crippen LogP contribution is -2.41. The molecule has 1 aliphatic rings. The van der Waals surface area contributed by atoms with Crippen LogP contribution in [0.1, 0.15) is 49.3 Å². The number of carbonyl (C=O) groups is 1. The van der Waals surface area contributed by atoms with E-state index in [0.29, 0.717) is 22.8 Å². The second-order valence-electron chi connectivity index (χ2n) is 7.71. The Bertz CT molecular complexity index is 862. The third kappa shape index (κ3) is 4.99. The van der Waals surface area contributed by atoms with Crippen LogP contribution in [0.2, 0.25) is 0 Å². The van der Waals surface area contributed by atoms with E-state index >= 15 is 0 Å². The van der Waals surface area contributed by atoms with Crippen molar-refractivity contribution in [2.75, 3.05) is 26.6 Å². The minimum atomic E-state index is -0.636. The van der Waals surface area contributed by atoms with Crippen LogP contribution in [-0.2, 0) is 4.79 Å². The lowest BCUT2D eigenvalue weighted by molar-refractivity contribution is -0.122. The lowest BCUT2D eigenvalue weighted by Gasteiger charge is -2.28. The van der Waals surface area contributed by atoms with E-state index in [1.165, 1.54) is 6.42 Å². The van der Waals surface area contributed by atoms with Crippen molar-refractivity contribution < 1.29 is 19.0 Å². The van der Waals surface area contributed by atoms with Crippen molar-refractivity contribution in [1.29, 1.82) is 0 Å². The zero-order valence-corrected chi connectivity index (χ0v) is 18.3. The predicted molar refractivity (Wildman–Crippen MR) is 119 cm³/mol. The number of rotatable bonds is 8. The van der Waals surface area contributed by atoms with Gasteiger partial charge in [0.2, 0.25) is 11.7 Å². The molecule has 1 amide bonds. The summed E-state index contributed by atoms with van der Waals surface area (Å²) in [5.41, 5.74) is 2.69. The van der Waals surface area contributed by atoms with Crippen molar-refractivity contribution in [3.8, 4) is 17.2 Å². The highest BCUT2D eigenvalue weighted by Gasteiger charge is 2.29. The Kier molecular flexibility index (Phi) is 7.44. The Balaban J connectivity index is 1.98. The molecule has 1 unspecified atom stereocenters. The number of aryl methyl sites for hydroxylation is 1. The van der Waals surface area contributed by atoms with E-state index < -0.39 is 6.04 Å². The number of nitrogens with one attached hydrogen (secondary N) is 2. The molecule has 1 aliphatic carbocycles. The zero-order valence-electron chi connectivity index (χ0n) is 18.3. The molecule has 0 bridgehead atoms. The number of hydrogen-bond donors (Lipinski definition) is 2. The first-order chi connectivity index (χ1) is 14.6. The van der Waals surface area contributed by atoms with Gasteiger partial charge >= 0.3 is 0 Å². The Morgan fingerprint density at radius 3 is 2.33 bits per heavy atom. The maximum atomic E-state index is 13.4. The predicted octanol–water partition coefficient (Wildman–Crippen LogP) is 4.62. The van der Waals surface area contributed by atoms with Crippen LogP contribution in [0.3, 0.4) is 0 Å². The van der Waals surface area contributed by atoms with Crippen LogP contribution in [0, 0.1) is 6.92 Å². The lowest BCUT2D eigenvalue weighted by atomic mass is 9.94. The van der Waals surface area contributed by atoms with Crippen LogP contribution in [0.25, 0.3) is 0 Å². The normalized spacial score (nSPS) is 15.2. The van der Waals surface area contributed by atoms with Crippen molar-refractivity contribution in [2.24, 2.45) is 0 Å². The first-order valence-electron chi connectivity index (χ1n) is 10.5. The molecule has 2 aromatic rings. The van der Waals surface area contributed by atoms with Crippen molar-refractivity contribution in [1.82, 2.24) is 5.32 Å². The molecule has 2 aromatic carbocycles. The Morgan fingerprint density at radius 1 is 0.967 bits per heavy atom. The minimum Gasteiger partial charge on any atom is -0.493 e. The van der Waals surface area contributed by atoms with Crippen LogP contribution >= 0.6 is 0 Å². The molecule has 1 atom stereocenters. The van der Waals surface area contributed by atoms with E-state index in [2.05, 4.69) is 10.6 Å². The minimum absolute atomic E-state index is 0.0751. The summed E-state index contributed by atoms with van der Waals surface area (Å²) in [6.45, 7) is 2.03. The number of carbonyl (C=O) groups excluding carboxylic acids is 1. The number of hydrogen-bond acceptors (Lipinski definition) is 5. The number of benzene rings is 2. The summed E-state index contributed by atoms with van der Waals surface area (Å²) in [6.07, 6.45) is 5.58. The molecule has 0 heterocycles. The maximum absolute atomic E-state index is 13.4. The molecule has 30 heavy (non-hydrogen) atoms. The Hall–Kier alpha value is -2.89. The average molecular weight is 413 g/mol. The van der Waals surface area contributed by atoms with E-state index in [4.69, 9.17) is 14.2 Å². The Morgan fingerprint density at radius 2 is 1.70 bits per heavy atom. The quantitative estimate of drug-likeness (QED) is 0.662. The summed E-state index contributed by atoms with van der Waals surface area (Å²) in [5, 5.41) is 6.64. The van der Waals surface area contributed by atoms with Gasteiger partial charge in [0, 0.05) is 17.3 Å². The highest BCUT2D eigenvalue weighted by atomic mass is 16.5. The molecule has 0 aliphatic heterocycles. The molecular formula is C24H32N2O4. The van der Waals surface area contributed by atoms with Crippen molar-refractivity contribution in [3.63, 3.8) is 0 Å². The molecule has 0 spiro atoms. The van der Waals surface area contributed by atoms with Gasteiger partial charge in [-0.15, -0.1) is 0 Å². The summed E-state index contributed by atoms with van der Waals surface area (Å²) in [6, 6.07) is 11.2. The van der Waals surface area contributed by atoms with Gasteiger partial charge in [-0.05, 0) is 49.6 Å². The van der Waals surface area contributed by atoms with Crippen molar-refractivity contribution in [3.05, 3.63) is 47.5 Å². The number of anilines is 1. The fraction of sp³-hybridized carbons (Fsp3) is 0.458. The molecule has 6 heteroatoms. The molecule has 162 valence electrons. The van der Waals surface area contributed by atoms with E-state index in [9.17, 15) is 4.79 Å². The fourth-order valence-electron chi connectivity index (χ4n) is 4.07. The maximum Gasteiger partial charge on any atom is 0.247 e. The second-order valence-corrected chi connectivity index (χ2v) is 7.71. The van der Waals surface area contributed by atoms with Gasteiger partial charge < -0.3 is 24.8 Å². The third-order valence-corrected chi connectivity index (χ3v) is 5.59. The highest BCUT2D eigenvalue weighted by Crippen LogP contribution is 2.43. The first-order valence-corrected chi connectivity index (χ1v) is 10.5. The second kappa shape index (κ2) is 10.2. The van der Waals surface area contributed by atoms with Crippen LogP contribution < -0.4 is 24.8 Å². The third-order valence-electron chi connectivity index (χ3n) is 5.59. The van der Waals surface area contributed by atoms with Gasteiger partial charge in [0.05, 0.1) is 21.3 Å². The summed E-state index contributed by atoms with van der Waals surface area (Å²) >= 11 is 0. The molecule has 3 rings (SSSR count). The van der Waals surface area contributed by atoms with Gasteiger partial charge in [-0.2, -0.15) is 0 Å². The van der Waals surface area contributed by atoms with E-state index in [1.54, 1.807) is 27.4 Å². The highest BCUT2D eigenvalue weighted by molar-refractivity contribution is 5.87. The summed E-state index contributed by atoms with van der Waals surface area (Å²) in [5.74, 6) is 1.44. The number of amides is 1. The van der Waals surface area contributed by atoms with Crippen LogP contribution in [-0.4, -0.2) is 33.3 Å². The van der Waals surface area contributed by atoms with Crippen molar-refractivity contribution in [2.45, 2.75) is 51.1 Å². The monoisotopic (exact) mass is 412 g/mol. The molecule has 1 saturated carbocycles. The van der Waals surface area contributed by atoms with Gasteiger partial charge in [-0.1, -0.05) is 31.4 Å². The summed E-state index contributed by atoms with van der Waals surface area (Å²) < 4.78 is 16.6. The largest absolute Gasteiger partial charge is 0.493 e. The van der Waals surface area contributed by atoms with Gasteiger partial charge in [0.1, 0.15) is 6.04 Å². The fourth-order valence-corrected chi connectivity index (χ4v) is 4.07. The molecular weight excluding hydrogens is 380 g/mol. The van der Waals surface area contributed by atoms with Gasteiger partial charge in [0.25, 0.3) is 0 Å². The molecule has 2 N–H and O–H groups in total. The van der Waals surface area contributed by atoms with Gasteiger partial charge in [0.15, 0.2) is 11.5 Å². The molecule has 6 nitrogen and oxygen atoms in total. The first kappa shape index (κ1) is 21.8. The summed E-state index contributed by atoms with van der Waals surface area (Å²) in [4.78, 5) is 13.4. The molecule has 0 aromatic heterocycles. The van der Waals surface area contributed by atoms with Crippen LogP contribution in [0.4, 0.5) is 5.69 Å². The molecule has 1 fully saturated rings. The average Bonchev–Trinajstić information content (AvgIpc) is 2.77. The van der Waals surface area contributed by atoms with E-state index in [1.807, 2.05) is 37.3 Å². The summed E-state index contributed by atoms with van der Waals surface area (Å²) in [7, 11) is 4.72. The van der Waals surface area contributed by atoms with Gasteiger partial charge in [-0.3, -0.25) is 4.79 Å². The van der Waals surface area contributed by atoms with E-state index in [0.717, 1.165) is 36.9 Å². The standard InChI is InChI=1S/C24H32N2O4/c1-16-9-8-12-18(15-16)25-21(24(27)26-17-10-6-5-7-11-17)19-13-14-20(28-2)23(30-4)22(19)29-3/h8-9,12-15,17,21,25H,5-7,10-11H2,1-4H3,(H,26,27). The topological polar surface area (TPSA) is 68.8 Å². The number of methoxy groups -OCH3 is 3.